The summed E-state index contributed by atoms with van der Waals surface area (Å²) < 4.78 is 1.76. The highest BCUT2D eigenvalue weighted by molar-refractivity contribution is 6.05. The van der Waals surface area contributed by atoms with Gasteiger partial charge in [0.1, 0.15) is 5.82 Å². The van der Waals surface area contributed by atoms with E-state index < -0.39 is 0 Å². The summed E-state index contributed by atoms with van der Waals surface area (Å²) in [5.74, 6) is 0.481. The van der Waals surface area contributed by atoms with Gasteiger partial charge in [-0.25, -0.2) is 4.98 Å². The SMILES string of the molecule is Cc1cccc(-n2c(=O)ccc3cnc4ccc(-c5ccc(N)nc5)cc4c32)c1. The molecule has 3 aromatic heterocycles. The van der Waals surface area contributed by atoms with Crippen molar-refractivity contribution in [3.05, 3.63) is 95.0 Å². The lowest BCUT2D eigenvalue weighted by atomic mass is 10.0. The van der Waals surface area contributed by atoms with Crippen molar-refractivity contribution in [2.75, 3.05) is 5.73 Å². The predicted octanol–water partition coefficient (Wildman–Crippen LogP) is 4.49. The Balaban J connectivity index is 1.87. The van der Waals surface area contributed by atoms with Gasteiger partial charge in [-0.15, -0.1) is 0 Å². The van der Waals surface area contributed by atoms with Gasteiger partial charge in [0.05, 0.1) is 11.0 Å². The van der Waals surface area contributed by atoms with Crippen LogP contribution in [-0.2, 0) is 0 Å². The number of benzene rings is 2. The van der Waals surface area contributed by atoms with Gasteiger partial charge in [0, 0.05) is 40.5 Å². The summed E-state index contributed by atoms with van der Waals surface area (Å²) in [7, 11) is 0. The maximum Gasteiger partial charge on any atom is 0.255 e. The Labute approximate surface area is 167 Å². The summed E-state index contributed by atoms with van der Waals surface area (Å²) in [6.45, 7) is 2.02. The van der Waals surface area contributed by atoms with Gasteiger partial charge in [0.15, 0.2) is 0 Å². The van der Waals surface area contributed by atoms with Crippen LogP contribution < -0.4 is 11.3 Å². The molecule has 29 heavy (non-hydrogen) atoms. The molecular weight excluding hydrogens is 360 g/mol. The standard InChI is InChI=1S/C24H18N4O/c1-15-3-2-4-19(11-15)28-23(29)10-7-18-14-26-21-8-5-16(12-20(21)24(18)28)17-6-9-22(25)27-13-17/h2-14H,1H3,(H2,25,27). The molecule has 5 aromatic rings. The highest BCUT2D eigenvalue weighted by Crippen LogP contribution is 2.29. The van der Waals surface area contributed by atoms with E-state index in [1.54, 1.807) is 22.9 Å². The number of nitrogens with zero attached hydrogens (tertiary/aromatic N) is 3. The molecule has 3 heterocycles. The third-order valence-electron chi connectivity index (χ3n) is 5.10. The molecule has 0 unspecified atom stereocenters. The molecule has 5 nitrogen and oxygen atoms in total. The molecule has 140 valence electrons. The average Bonchev–Trinajstić information content (AvgIpc) is 2.73. The predicted molar refractivity (Wildman–Crippen MR) is 117 cm³/mol. The Morgan fingerprint density at radius 2 is 1.72 bits per heavy atom. The fourth-order valence-electron chi connectivity index (χ4n) is 3.69. The molecule has 0 atom stereocenters. The molecule has 5 rings (SSSR count). The first-order valence-corrected chi connectivity index (χ1v) is 9.34. The third-order valence-corrected chi connectivity index (χ3v) is 5.10. The van der Waals surface area contributed by atoms with Gasteiger partial charge in [-0.3, -0.25) is 14.3 Å². The number of aryl methyl sites for hydroxylation is 1. The Hall–Kier alpha value is -3.99. The number of rotatable bonds is 2. The minimum atomic E-state index is -0.0739. The zero-order chi connectivity index (χ0) is 20.0. The first-order valence-electron chi connectivity index (χ1n) is 9.34. The van der Waals surface area contributed by atoms with E-state index in [0.717, 1.165) is 44.2 Å². The van der Waals surface area contributed by atoms with E-state index in [9.17, 15) is 4.79 Å². The number of hydrogen-bond acceptors (Lipinski definition) is 4. The molecular formula is C24H18N4O. The second-order valence-corrected chi connectivity index (χ2v) is 7.11. The summed E-state index contributed by atoms with van der Waals surface area (Å²) >= 11 is 0. The van der Waals surface area contributed by atoms with Gasteiger partial charge in [-0.05, 0) is 60.5 Å². The van der Waals surface area contributed by atoms with Crippen LogP contribution in [0.15, 0.2) is 83.9 Å². The number of hydrogen-bond donors (Lipinski definition) is 1. The van der Waals surface area contributed by atoms with E-state index in [-0.39, 0.29) is 5.56 Å². The first kappa shape index (κ1) is 17.1. The summed E-state index contributed by atoms with van der Waals surface area (Å²) in [6, 6.07) is 21.1. The summed E-state index contributed by atoms with van der Waals surface area (Å²) in [6.07, 6.45) is 3.57. The van der Waals surface area contributed by atoms with Crippen molar-refractivity contribution in [1.29, 1.82) is 0 Å². The number of fused-ring (bicyclic) bond motifs is 3. The van der Waals surface area contributed by atoms with Crippen LogP contribution in [0.3, 0.4) is 0 Å². The molecule has 0 aliphatic heterocycles. The second kappa shape index (κ2) is 6.56. The fraction of sp³-hybridized carbons (Fsp3) is 0.0417. The number of nitrogen functional groups attached to an aromatic ring is 1. The Morgan fingerprint density at radius 3 is 2.52 bits per heavy atom. The number of aromatic nitrogens is 3. The van der Waals surface area contributed by atoms with E-state index in [4.69, 9.17) is 5.73 Å². The Morgan fingerprint density at radius 1 is 0.862 bits per heavy atom. The van der Waals surface area contributed by atoms with Gasteiger partial charge >= 0.3 is 0 Å². The van der Waals surface area contributed by atoms with E-state index in [0.29, 0.717) is 5.82 Å². The zero-order valence-electron chi connectivity index (χ0n) is 15.8. The normalized spacial score (nSPS) is 11.2. The summed E-state index contributed by atoms with van der Waals surface area (Å²) in [5.41, 5.74) is 11.2. The summed E-state index contributed by atoms with van der Waals surface area (Å²) in [4.78, 5) is 21.7. The lowest BCUT2D eigenvalue weighted by molar-refractivity contribution is 1.04. The van der Waals surface area contributed by atoms with Crippen LogP contribution in [0.1, 0.15) is 5.56 Å². The van der Waals surface area contributed by atoms with Crippen molar-refractivity contribution < 1.29 is 0 Å². The van der Waals surface area contributed by atoms with E-state index in [2.05, 4.69) is 16.0 Å². The van der Waals surface area contributed by atoms with Crippen molar-refractivity contribution in [1.82, 2.24) is 14.5 Å². The topological polar surface area (TPSA) is 73.8 Å². The highest BCUT2D eigenvalue weighted by Gasteiger charge is 2.11. The van der Waals surface area contributed by atoms with E-state index in [1.807, 2.05) is 61.7 Å². The molecule has 0 saturated heterocycles. The fourth-order valence-corrected chi connectivity index (χ4v) is 3.69. The minimum absolute atomic E-state index is 0.0739. The van der Waals surface area contributed by atoms with Gasteiger partial charge in [0.25, 0.3) is 5.56 Å². The minimum Gasteiger partial charge on any atom is -0.384 e. The van der Waals surface area contributed by atoms with E-state index in [1.165, 1.54) is 0 Å². The largest absolute Gasteiger partial charge is 0.384 e. The smallest absolute Gasteiger partial charge is 0.255 e. The average molecular weight is 378 g/mol. The van der Waals surface area contributed by atoms with Gasteiger partial charge in [-0.2, -0.15) is 0 Å². The van der Waals surface area contributed by atoms with Crippen LogP contribution in [0.4, 0.5) is 5.82 Å². The van der Waals surface area contributed by atoms with Gasteiger partial charge in [0.2, 0.25) is 0 Å². The van der Waals surface area contributed by atoms with Crippen molar-refractivity contribution in [2.45, 2.75) is 6.92 Å². The van der Waals surface area contributed by atoms with Crippen LogP contribution >= 0.6 is 0 Å². The third kappa shape index (κ3) is 2.93. The lowest BCUT2D eigenvalue weighted by Crippen LogP contribution is -2.17. The molecule has 0 saturated carbocycles. The molecule has 2 N–H and O–H groups in total. The van der Waals surface area contributed by atoms with Crippen molar-refractivity contribution in [3.63, 3.8) is 0 Å². The van der Waals surface area contributed by atoms with Crippen molar-refractivity contribution in [3.8, 4) is 16.8 Å². The lowest BCUT2D eigenvalue weighted by Gasteiger charge is -2.14. The number of anilines is 1. The maximum atomic E-state index is 12.9. The Bertz CT molecular complexity index is 1440. The molecule has 2 aromatic carbocycles. The van der Waals surface area contributed by atoms with E-state index >= 15 is 0 Å². The quantitative estimate of drug-likeness (QED) is 0.459. The highest BCUT2D eigenvalue weighted by atomic mass is 16.1. The van der Waals surface area contributed by atoms with Crippen molar-refractivity contribution >= 4 is 27.6 Å². The number of nitrogens with two attached hydrogens (primary N) is 1. The van der Waals surface area contributed by atoms with Crippen LogP contribution in [-0.4, -0.2) is 14.5 Å². The first-order chi connectivity index (χ1) is 14.1. The zero-order valence-corrected chi connectivity index (χ0v) is 15.8. The molecule has 0 amide bonds. The number of pyridine rings is 3. The van der Waals surface area contributed by atoms with Crippen LogP contribution in [0, 0.1) is 6.92 Å². The van der Waals surface area contributed by atoms with Gasteiger partial charge < -0.3 is 5.73 Å². The Kier molecular flexibility index (Phi) is 3.88. The molecule has 0 radical (unpaired) electrons. The van der Waals surface area contributed by atoms with Crippen LogP contribution in [0.25, 0.3) is 38.6 Å². The molecule has 5 heteroatoms. The van der Waals surface area contributed by atoms with Crippen LogP contribution in [0.2, 0.25) is 0 Å². The maximum absolute atomic E-state index is 12.9. The van der Waals surface area contributed by atoms with Gasteiger partial charge in [-0.1, -0.05) is 18.2 Å². The van der Waals surface area contributed by atoms with Crippen LogP contribution in [0.5, 0.6) is 0 Å². The monoisotopic (exact) mass is 378 g/mol. The summed E-state index contributed by atoms with van der Waals surface area (Å²) in [5, 5.41) is 1.82. The molecule has 0 bridgehead atoms. The molecule has 0 fully saturated rings. The molecule has 0 aliphatic carbocycles. The molecule has 0 spiro atoms. The molecule has 0 aliphatic rings. The second-order valence-electron chi connectivity index (χ2n) is 7.11. The van der Waals surface area contributed by atoms with Crippen molar-refractivity contribution in [2.24, 2.45) is 0 Å².